The van der Waals surface area contributed by atoms with Gasteiger partial charge in [0.2, 0.25) is 0 Å². The molecule has 6 nitrogen and oxygen atoms in total. The molecule has 0 atom stereocenters. The lowest BCUT2D eigenvalue weighted by atomic mass is 10.1. The zero-order valence-electron chi connectivity index (χ0n) is 16.1. The van der Waals surface area contributed by atoms with Crippen LogP contribution in [-0.4, -0.2) is 67.6 Å². The Morgan fingerprint density at radius 1 is 0.929 bits per heavy atom. The summed E-state index contributed by atoms with van der Waals surface area (Å²) in [5.41, 5.74) is 1.29. The Kier molecular flexibility index (Phi) is 7.87. The fraction of sp³-hybridized carbons (Fsp3) is 0.429. The minimum atomic E-state index is -0.112. The topological polar surface area (TPSA) is 64.7 Å². The number of piperazine rings is 1. The van der Waals surface area contributed by atoms with E-state index in [4.69, 9.17) is 0 Å². The largest absolute Gasteiger partial charge is 0.338 e. The van der Waals surface area contributed by atoms with E-state index in [0.717, 1.165) is 50.4 Å². The summed E-state index contributed by atoms with van der Waals surface area (Å²) in [5, 5.41) is 7.75. The van der Waals surface area contributed by atoms with Crippen molar-refractivity contribution in [1.82, 2.24) is 20.4 Å². The Morgan fingerprint density at radius 3 is 2.39 bits per heavy atom. The SMILES string of the molecule is O=C(NCCCc1ccccc1)NCCN1CCN(C(=O)c2cccs2)CC1. The number of hydrogen-bond acceptors (Lipinski definition) is 4. The van der Waals surface area contributed by atoms with Gasteiger partial charge in [0.1, 0.15) is 0 Å². The maximum atomic E-state index is 12.3. The molecule has 1 aromatic heterocycles. The second-order valence-electron chi connectivity index (χ2n) is 6.88. The third-order valence-corrected chi connectivity index (χ3v) is 5.73. The molecule has 2 N–H and O–H groups in total. The molecule has 3 rings (SSSR count). The lowest BCUT2D eigenvalue weighted by molar-refractivity contribution is 0.0644. The molecular weight excluding hydrogens is 372 g/mol. The average molecular weight is 401 g/mol. The number of urea groups is 1. The molecule has 0 saturated carbocycles. The van der Waals surface area contributed by atoms with E-state index in [2.05, 4.69) is 27.7 Å². The molecule has 0 bridgehead atoms. The minimum absolute atomic E-state index is 0.112. The van der Waals surface area contributed by atoms with Crippen LogP contribution in [0.15, 0.2) is 47.8 Å². The first-order valence-corrected chi connectivity index (χ1v) is 10.7. The van der Waals surface area contributed by atoms with Crippen LogP contribution in [0.5, 0.6) is 0 Å². The number of amides is 3. The fourth-order valence-electron chi connectivity index (χ4n) is 3.26. The van der Waals surface area contributed by atoms with Crippen LogP contribution in [-0.2, 0) is 6.42 Å². The van der Waals surface area contributed by atoms with Gasteiger partial charge in [0.15, 0.2) is 0 Å². The summed E-state index contributed by atoms with van der Waals surface area (Å²) in [4.78, 5) is 29.2. The van der Waals surface area contributed by atoms with Gasteiger partial charge in [0.05, 0.1) is 4.88 Å². The monoisotopic (exact) mass is 400 g/mol. The van der Waals surface area contributed by atoms with Gasteiger partial charge in [-0.05, 0) is 29.9 Å². The van der Waals surface area contributed by atoms with Gasteiger partial charge < -0.3 is 15.5 Å². The normalized spacial score (nSPS) is 14.6. The number of carbonyl (C=O) groups excluding carboxylic acids is 2. The standard InChI is InChI=1S/C21H28N4O2S/c26-20(19-9-5-17-28-19)25-15-13-24(14-16-25)12-11-23-21(27)22-10-4-8-18-6-2-1-3-7-18/h1-3,5-7,9,17H,4,8,10-16H2,(H2,22,23,27). The quantitative estimate of drug-likeness (QED) is 0.669. The van der Waals surface area contributed by atoms with E-state index >= 15 is 0 Å². The van der Waals surface area contributed by atoms with Crippen molar-refractivity contribution in [2.75, 3.05) is 45.8 Å². The average Bonchev–Trinajstić information content (AvgIpc) is 3.27. The van der Waals surface area contributed by atoms with Crippen LogP contribution >= 0.6 is 11.3 Å². The highest BCUT2D eigenvalue weighted by Crippen LogP contribution is 2.13. The van der Waals surface area contributed by atoms with Gasteiger partial charge in [0, 0.05) is 45.8 Å². The molecule has 150 valence electrons. The van der Waals surface area contributed by atoms with E-state index in [0.29, 0.717) is 13.1 Å². The molecule has 2 heterocycles. The van der Waals surface area contributed by atoms with E-state index in [1.807, 2.05) is 40.6 Å². The molecule has 0 aliphatic carbocycles. The van der Waals surface area contributed by atoms with Crippen LogP contribution < -0.4 is 10.6 Å². The van der Waals surface area contributed by atoms with Gasteiger partial charge in [-0.3, -0.25) is 9.69 Å². The third-order valence-electron chi connectivity index (χ3n) is 4.88. The van der Waals surface area contributed by atoms with Crippen LogP contribution in [0.1, 0.15) is 21.7 Å². The van der Waals surface area contributed by atoms with Gasteiger partial charge in [-0.15, -0.1) is 11.3 Å². The molecule has 28 heavy (non-hydrogen) atoms. The van der Waals surface area contributed by atoms with E-state index in [9.17, 15) is 9.59 Å². The summed E-state index contributed by atoms with van der Waals surface area (Å²) in [5.74, 6) is 0.127. The van der Waals surface area contributed by atoms with Crippen LogP contribution in [0.2, 0.25) is 0 Å². The second-order valence-corrected chi connectivity index (χ2v) is 7.83. The van der Waals surface area contributed by atoms with Crippen molar-refractivity contribution in [3.63, 3.8) is 0 Å². The first kappa shape index (κ1) is 20.4. The lowest BCUT2D eigenvalue weighted by Gasteiger charge is -2.34. The lowest BCUT2D eigenvalue weighted by Crippen LogP contribution is -2.50. The molecule has 0 radical (unpaired) electrons. The predicted octanol–water partition coefficient (Wildman–Crippen LogP) is 2.44. The van der Waals surface area contributed by atoms with Gasteiger partial charge in [0.25, 0.3) is 5.91 Å². The van der Waals surface area contributed by atoms with Gasteiger partial charge in [-0.25, -0.2) is 4.79 Å². The molecule has 0 unspecified atom stereocenters. The number of carbonyl (C=O) groups is 2. The summed E-state index contributed by atoms with van der Waals surface area (Å²) < 4.78 is 0. The molecule has 1 fully saturated rings. The highest BCUT2D eigenvalue weighted by Gasteiger charge is 2.22. The summed E-state index contributed by atoms with van der Waals surface area (Å²) in [7, 11) is 0. The number of nitrogens with zero attached hydrogens (tertiary/aromatic N) is 2. The first-order chi connectivity index (χ1) is 13.7. The van der Waals surface area contributed by atoms with E-state index < -0.39 is 0 Å². The van der Waals surface area contributed by atoms with Crippen LogP contribution in [0.4, 0.5) is 4.79 Å². The third kappa shape index (κ3) is 6.35. The molecule has 1 aromatic carbocycles. The highest BCUT2D eigenvalue weighted by atomic mass is 32.1. The van der Waals surface area contributed by atoms with Crippen molar-refractivity contribution < 1.29 is 9.59 Å². The molecule has 1 aliphatic rings. The molecule has 1 saturated heterocycles. The van der Waals surface area contributed by atoms with E-state index in [1.54, 1.807) is 0 Å². The van der Waals surface area contributed by atoms with Gasteiger partial charge in [-0.1, -0.05) is 36.4 Å². The molecule has 1 aliphatic heterocycles. The summed E-state index contributed by atoms with van der Waals surface area (Å²) >= 11 is 1.49. The Bertz CT molecular complexity index is 728. The van der Waals surface area contributed by atoms with Crippen molar-refractivity contribution in [2.45, 2.75) is 12.8 Å². The van der Waals surface area contributed by atoms with Crippen LogP contribution in [0, 0.1) is 0 Å². The number of benzene rings is 1. The van der Waals surface area contributed by atoms with Crippen LogP contribution in [0.25, 0.3) is 0 Å². The molecule has 3 amide bonds. The minimum Gasteiger partial charge on any atom is -0.338 e. The van der Waals surface area contributed by atoms with E-state index in [-0.39, 0.29) is 11.9 Å². The Morgan fingerprint density at radius 2 is 1.68 bits per heavy atom. The van der Waals surface area contributed by atoms with Crippen LogP contribution in [0.3, 0.4) is 0 Å². The number of aryl methyl sites for hydroxylation is 1. The number of thiophene rings is 1. The van der Waals surface area contributed by atoms with Crippen molar-refractivity contribution in [3.8, 4) is 0 Å². The fourth-order valence-corrected chi connectivity index (χ4v) is 3.95. The van der Waals surface area contributed by atoms with E-state index in [1.165, 1.54) is 16.9 Å². The van der Waals surface area contributed by atoms with Gasteiger partial charge in [-0.2, -0.15) is 0 Å². The summed E-state index contributed by atoms with van der Waals surface area (Å²) in [6, 6.07) is 14.0. The summed E-state index contributed by atoms with van der Waals surface area (Å²) in [6.45, 7) is 5.26. The zero-order valence-corrected chi connectivity index (χ0v) is 16.9. The molecule has 0 spiro atoms. The zero-order chi connectivity index (χ0) is 19.6. The second kappa shape index (κ2) is 10.8. The maximum Gasteiger partial charge on any atom is 0.314 e. The number of nitrogens with one attached hydrogen (secondary N) is 2. The predicted molar refractivity (Wildman–Crippen MR) is 113 cm³/mol. The van der Waals surface area contributed by atoms with Crippen molar-refractivity contribution in [3.05, 3.63) is 58.3 Å². The summed E-state index contributed by atoms with van der Waals surface area (Å²) in [6.07, 6.45) is 1.90. The molecule has 2 aromatic rings. The Balaban J connectivity index is 1.23. The maximum absolute atomic E-state index is 12.3. The first-order valence-electron chi connectivity index (χ1n) is 9.83. The van der Waals surface area contributed by atoms with Crippen molar-refractivity contribution in [1.29, 1.82) is 0 Å². The number of hydrogen-bond donors (Lipinski definition) is 2. The van der Waals surface area contributed by atoms with Crippen molar-refractivity contribution in [2.24, 2.45) is 0 Å². The van der Waals surface area contributed by atoms with Crippen molar-refractivity contribution >= 4 is 23.3 Å². The smallest absolute Gasteiger partial charge is 0.314 e. The molecular formula is C21H28N4O2S. The number of rotatable bonds is 8. The Hall–Kier alpha value is -2.38. The van der Waals surface area contributed by atoms with Gasteiger partial charge >= 0.3 is 6.03 Å². The highest BCUT2D eigenvalue weighted by molar-refractivity contribution is 7.12. The molecule has 7 heteroatoms. The Labute approximate surface area is 170 Å².